The average Bonchev–Trinajstić information content (AvgIpc) is 2.38. The second kappa shape index (κ2) is 7.21. The van der Waals surface area contributed by atoms with Crippen LogP contribution >= 0.6 is 0 Å². The van der Waals surface area contributed by atoms with E-state index in [4.69, 9.17) is 9.84 Å². The number of rotatable bonds is 4. The topological polar surface area (TPSA) is 46.5 Å². The summed E-state index contributed by atoms with van der Waals surface area (Å²) in [7, 11) is 0. The molecule has 0 heterocycles. The van der Waals surface area contributed by atoms with E-state index in [1.165, 1.54) is 12.1 Å². The fraction of sp³-hybridized carbons (Fsp3) is 0.0714. The maximum absolute atomic E-state index is 10.7. The molecule has 0 saturated carbocycles. The predicted molar refractivity (Wildman–Crippen MR) is 71.3 cm³/mol. The van der Waals surface area contributed by atoms with E-state index in [-0.39, 0.29) is 35.1 Å². The van der Waals surface area contributed by atoms with E-state index in [9.17, 15) is 4.79 Å². The van der Waals surface area contributed by atoms with Gasteiger partial charge in [-0.2, -0.15) is 0 Å². The van der Waals surface area contributed by atoms with Gasteiger partial charge in [0.1, 0.15) is 12.4 Å². The first-order valence-corrected chi connectivity index (χ1v) is 5.26. The summed E-state index contributed by atoms with van der Waals surface area (Å²) in [5, 5.41) is 8.74. The van der Waals surface area contributed by atoms with Gasteiger partial charge in [-0.1, -0.05) is 30.3 Å². The Morgan fingerprint density at radius 3 is 2.17 bits per heavy atom. The van der Waals surface area contributed by atoms with Gasteiger partial charge in [-0.05, 0) is 29.8 Å². The van der Waals surface area contributed by atoms with Crippen LogP contribution in [0.3, 0.4) is 0 Å². The fourth-order valence-corrected chi connectivity index (χ4v) is 1.43. The van der Waals surface area contributed by atoms with Crippen molar-refractivity contribution in [1.29, 1.82) is 0 Å². The van der Waals surface area contributed by atoms with Crippen LogP contribution in [0.15, 0.2) is 54.6 Å². The van der Waals surface area contributed by atoms with E-state index in [1.54, 1.807) is 12.1 Å². The molecule has 0 unspecified atom stereocenters. The van der Waals surface area contributed by atoms with Crippen LogP contribution in [0, 0.1) is 0 Å². The normalized spacial score (nSPS) is 9.33. The monoisotopic (exact) mass is 252 g/mol. The van der Waals surface area contributed by atoms with Gasteiger partial charge in [-0.25, -0.2) is 4.79 Å². The van der Waals surface area contributed by atoms with E-state index < -0.39 is 5.97 Å². The van der Waals surface area contributed by atoms with Crippen molar-refractivity contribution in [2.75, 3.05) is 0 Å². The molecule has 0 aliphatic heterocycles. The molecule has 88 valence electrons. The van der Waals surface area contributed by atoms with Gasteiger partial charge in [0.25, 0.3) is 0 Å². The molecule has 0 bridgehead atoms. The number of ether oxygens (including phenoxy) is 1. The van der Waals surface area contributed by atoms with Crippen molar-refractivity contribution < 1.29 is 14.6 Å². The van der Waals surface area contributed by atoms with Crippen LogP contribution in [0.2, 0.25) is 0 Å². The zero-order valence-electron chi connectivity index (χ0n) is 9.17. The number of carboxylic acid groups (broad SMARTS) is 1. The molecule has 0 aliphatic carbocycles. The second-order valence-corrected chi connectivity index (χ2v) is 3.60. The molecule has 0 aromatic heterocycles. The number of aromatic carboxylic acids is 1. The van der Waals surface area contributed by atoms with Crippen LogP contribution in [-0.4, -0.2) is 40.6 Å². The minimum atomic E-state index is -0.931. The van der Waals surface area contributed by atoms with Gasteiger partial charge in [-0.3, -0.25) is 0 Å². The Hall–Kier alpha value is -1.29. The number of carboxylic acids is 1. The minimum absolute atomic E-state index is 0. The summed E-state index contributed by atoms with van der Waals surface area (Å²) < 4.78 is 5.53. The summed E-state index contributed by atoms with van der Waals surface area (Å²) in [6.45, 7) is 0.479. The third kappa shape index (κ3) is 4.18. The van der Waals surface area contributed by atoms with Crippen LogP contribution in [0.25, 0.3) is 0 Å². The van der Waals surface area contributed by atoms with Crippen molar-refractivity contribution in [3.8, 4) is 5.75 Å². The molecule has 2 aromatic rings. The molecule has 1 N–H and O–H groups in total. The molecule has 0 spiro atoms. The first kappa shape index (κ1) is 14.8. The Labute approximate surface area is 128 Å². The standard InChI is InChI=1S/C14H12O3.Na.H/c15-14(16)12-6-8-13(9-7-12)17-10-11-4-2-1-3-5-11;;/h1-9H,10H2,(H,15,16);;. The second-order valence-electron chi connectivity index (χ2n) is 3.60. The number of benzene rings is 2. The number of carbonyl (C=O) groups is 1. The molecule has 0 saturated heterocycles. The van der Waals surface area contributed by atoms with Crippen LogP contribution in [0.4, 0.5) is 0 Å². The number of hydrogen-bond acceptors (Lipinski definition) is 2. The quantitative estimate of drug-likeness (QED) is 0.849. The van der Waals surface area contributed by atoms with E-state index in [0.29, 0.717) is 12.4 Å². The van der Waals surface area contributed by atoms with Crippen molar-refractivity contribution in [3.05, 3.63) is 65.7 Å². The van der Waals surface area contributed by atoms with E-state index >= 15 is 0 Å². The maximum atomic E-state index is 10.7. The summed E-state index contributed by atoms with van der Waals surface area (Å²) in [6.07, 6.45) is 0. The summed E-state index contributed by atoms with van der Waals surface area (Å²) in [5.74, 6) is -0.265. The van der Waals surface area contributed by atoms with Gasteiger partial charge in [0.05, 0.1) is 5.56 Å². The van der Waals surface area contributed by atoms with Gasteiger partial charge in [0.2, 0.25) is 0 Å². The molecular formula is C14H13NaO3. The molecule has 2 aromatic carbocycles. The first-order valence-electron chi connectivity index (χ1n) is 5.26. The SMILES string of the molecule is O=C(O)c1ccc(OCc2ccccc2)cc1.[NaH]. The van der Waals surface area contributed by atoms with Crippen LogP contribution in [-0.2, 0) is 6.61 Å². The van der Waals surface area contributed by atoms with Crippen LogP contribution in [0.1, 0.15) is 15.9 Å². The molecule has 0 aliphatic rings. The van der Waals surface area contributed by atoms with E-state index in [2.05, 4.69) is 0 Å². The van der Waals surface area contributed by atoms with Crippen molar-refractivity contribution in [2.24, 2.45) is 0 Å². The molecule has 18 heavy (non-hydrogen) atoms. The van der Waals surface area contributed by atoms with Crippen molar-refractivity contribution in [3.63, 3.8) is 0 Å². The van der Waals surface area contributed by atoms with Gasteiger partial charge in [0.15, 0.2) is 0 Å². The van der Waals surface area contributed by atoms with Crippen molar-refractivity contribution in [1.82, 2.24) is 0 Å². The summed E-state index contributed by atoms with van der Waals surface area (Å²) in [6, 6.07) is 16.2. The van der Waals surface area contributed by atoms with Crippen LogP contribution in [0.5, 0.6) is 5.75 Å². The zero-order chi connectivity index (χ0) is 12.1. The Bertz CT molecular complexity index is 494. The summed E-state index contributed by atoms with van der Waals surface area (Å²) in [4.78, 5) is 10.7. The van der Waals surface area contributed by atoms with E-state index in [1.807, 2.05) is 30.3 Å². The van der Waals surface area contributed by atoms with Crippen molar-refractivity contribution in [2.45, 2.75) is 6.61 Å². The molecule has 0 fully saturated rings. The third-order valence-electron chi connectivity index (χ3n) is 2.35. The molecule has 4 heteroatoms. The van der Waals surface area contributed by atoms with Gasteiger partial charge in [-0.15, -0.1) is 0 Å². The molecule has 0 radical (unpaired) electrons. The molecule has 0 amide bonds. The van der Waals surface area contributed by atoms with Crippen LogP contribution < -0.4 is 4.74 Å². The Morgan fingerprint density at radius 2 is 1.61 bits per heavy atom. The zero-order valence-corrected chi connectivity index (χ0v) is 9.17. The molecule has 0 atom stereocenters. The van der Waals surface area contributed by atoms with Gasteiger partial charge < -0.3 is 9.84 Å². The van der Waals surface area contributed by atoms with E-state index in [0.717, 1.165) is 5.56 Å². The number of hydrogen-bond donors (Lipinski definition) is 1. The Balaban J connectivity index is 0.00000162. The fourth-order valence-electron chi connectivity index (χ4n) is 1.43. The molecule has 3 nitrogen and oxygen atoms in total. The summed E-state index contributed by atoms with van der Waals surface area (Å²) in [5.41, 5.74) is 1.34. The first-order chi connectivity index (χ1) is 8.25. The third-order valence-corrected chi connectivity index (χ3v) is 2.35. The Morgan fingerprint density at radius 1 is 1.00 bits per heavy atom. The van der Waals surface area contributed by atoms with Crippen molar-refractivity contribution >= 4 is 35.5 Å². The molecule has 2 rings (SSSR count). The Kier molecular flexibility index (Phi) is 5.92. The summed E-state index contributed by atoms with van der Waals surface area (Å²) >= 11 is 0. The van der Waals surface area contributed by atoms with Gasteiger partial charge in [0, 0.05) is 0 Å². The predicted octanol–water partition coefficient (Wildman–Crippen LogP) is 2.32. The average molecular weight is 252 g/mol. The van der Waals surface area contributed by atoms with Gasteiger partial charge >= 0.3 is 35.5 Å². The molecular weight excluding hydrogens is 239 g/mol.